The predicted octanol–water partition coefficient (Wildman–Crippen LogP) is 4.19. The fourth-order valence-corrected chi connectivity index (χ4v) is 3.62. The highest BCUT2D eigenvalue weighted by Crippen LogP contribution is 2.41. The Hall–Kier alpha value is -0.590. The third-order valence-electron chi connectivity index (χ3n) is 4.31. The summed E-state index contributed by atoms with van der Waals surface area (Å²) >= 11 is 3.41. The molecule has 0 spiro atoms. The highest BCUT2D eigenvalue weighted by molar-refractivity contribution is 9.10. The molecule has 2 rings (SSSR count). The van der Waals surface area contributed by atoms with Gasteiger partial charge in [0, 0.05) is 10.5 Å². The summed E-state index contributed by atoms with van der Waals surface area (Å²) in [6.07, 6.45) is -1.61. The van der Waals surface area contributed by atoms with Gasteiger partial charge in [0.05, 0.1) is 5.92 Å². The SMILES string of the molecule is NNC(Cc1cccc(Br)c1)C1CCCC(C(F)(F)F)C1. The molecular formula is C15H20BrF3N2. The molecule has 1 aliphatic rings. The van der Waals surface area contributed by atoms with E-state index in [1.165, 1.54) is 0 Å². The summed E-state index contributed by atoms with van der Waals surface area (Å²) in [4.78, 5) is 0. The zero-order valence-corrected chi connectivity index (χ0v) is 13.3. The molecule has 1 aromatic rings. The van der Waals surface area contributed by atoms with Crippen LogP contribution in [0.1, 0.15) is 31.2 Å². The quantitative estimate of drug-likeness (QED) is 0.620. The molecule has 3 N–H and O–H groups in total. The molecule has 3 atom stereocenters. The van der Waals surface area contributed by atoms with Crippen molar-refractivity contribution < 1.29 is 13.2 Å². The van der Waals surface area contributed by atoms with Crippen LogP contribution in [0, 0.1) is 11.8 Å². The normalized spacial score (nSPS) is 24.8. The molecule has 0 radical (unpaired) electrons. The van der Waals surface area contributed by atoms with Crippen LogP contribution >= 0.6 is 15.9 Å². The smallest absolute Gasteiger partial charge is 0.271 e. The van der Waals surface area contributed by atoms with Crippen molar-refractivity contribution in [2.24, 2.45) is 17.7 Å². The molecule has 21 heavy (non-hydrogen) atoms. The monoisotopic (exact) mass is 364 g/mol. The zero-order chi connectivity index (χ0) is 15.5. The summed E-state index contributed by atoms with van der Waals surface area (Å²) in [5.41, 5.74) is 3.80. The van der Waals surface area contributed by atoms with E-state index in [0.29, 0.717) is 12.8 Å². The van der Waals surface area contributed by atoms with Crippen molar-refractivity contribution >= 4 is 15.9 Å². The van der Waals surface area contributed by atoms with Gasteiger partial charge in [-0.05, 0) is 49.3 Å². The van der Waals surface area contributed by atoms with E-state index in [2.05, 4.69) is 21.4 Å². The molecule has 6 heteroatoms. The predicted molar refractivity (Wildman–Crippen MR) is 80.5 cm³/mol. The van der Waals surface area contributed by atoms with Gasteiger partial charge in [0.25, 0.3) is 0 Å². The van der Waals surface area contributed by atoms with Crippen LogP contribution in [0.15, 0.2) is 28.7 Å². The highest BCUT2D eigenvalue weighted by Gasteiger charge is 2.43. The van der Waals surface area contributed by atoms with E-state index >= 15 is 0 Å². The molecule has 1 aliphatic carbocycles. The second-order valence-electron chi connectivity index (χ2n) is 5.77. The minimum absolute atomic E-state index is 0.0330. The topological polar surface area (TPSA) is 38.0 Å². The lowest BCUT2D eigenvalue weighted by molar-refractivity contribution is -0.186. The van der Waals surface area contributed by atoms with Crippen LogP contribution in [-0.2, 0) is 6.42 Å². The summed E-state index contributed by atoms with van der Waals surface area (Å²) in [6.45, 7) is 0. The maximum Gasteiger partial charge on any atom is 0.391 e. The first-order chi connectivity index (χ1) is 9.90. The largest absolute Gasteiger partial charge is 0.391 e. The van der Waals surface area contributed by atoms with Crippen molar-refractivity contribution in [3.05, 3.63) is 34.3 Å². The lowest BCUT2D eigenvalue weighted by Crippen LogP contribution is -2.45. The Morgan fingerprint density at radius 3 is 2.71 bits per heavy atom. The van der Waals surface area contributed by atoms with Gasteiger partial charge in [-0.2, -0.15) is 13.2 Å². The summed E-state index contributed by atoms with van der Waals surface area (Å²) in [5, 5.41) is 0. The minimum Gasteiger partial charge on any atom is -0.271 e. The summed E-state index contributed by atoms with van der Waals surface area (Å²) in [5.74, 6) is 4.38. The van der Waals surface area contributed by atoms with Gasteiger partial charge in [-0.1, -0.05) is 34.5 Å². The number of hydrazine groups is 1. The fourth-order valence-electron chi connectivity index (χ4n) is 3.17. The molecule has 0 heterocycles. The Kier molecular flexibility index (Phi) is 5.68. The molecule has 0 saturated heterocycles. The Morgan fingerprint density at radius 2 is 2.10 bits per heavy atom. The van der Waals surface area contributed by atoms with E-state index in [1.54, 1.807) is 0 Å². The van der Waals surface area contributed by atoms with Gasteiger partial charge in [0.1, 0.15) is 0 Å². The average Bonchev–Trinajstić information content (AvgIpc) is 2.44. The van der Waals surface area contributed by atoms with Gasteiger partial charge in [-0.3, -0.25) is 11.3 Å². The van der Waals surface area contributed by atoms with E-state index in [-0.39, 0.29) is 24.8 Å². The summed E-state index contributed by atoms with van der Waals surface area (Å²) in [7, 11) is 0. The van der Waals surface area contributed by atoms with Crippen LogP contribution in [-0.4, -0.2) is 12.2 Å². The van der Waals surface area contributed by atoms with Crippen molar-refractivity contribution in [3.63, 3.8) is 0 Å². The number of hydrogen-bond donors (Lipinski definition) is 2. The maximum absolute atomic E-state index is 12.9. The molecule has 0 bridgehead atoms. The Labute approximate surface area is 131 Å². The second-order valence-corrected chi connectivity index (χ2v) is 6.69. The van der Waals surface area contributed by atoms with Crippen molar-refractivity contribution in [1.29, 1.82) is 0 Å². The summed E-state index contributed by atoms with van der Waals surface area (Å²) in [6, 6.07) is 7.68. The van der Waals surface area contributed by atoms with Crippen LogP contribution in [0.2, 0.25) is 0 Å². The van der Waals surface area contributed by atoms with E-state index < -0.39 is 12.1 Å². The molecule has 118 valence electrons. The first kappa shape index (κ1) is 16.8. The Morgan fingerprint density at radius 1 is 1.33 bits per heavy atom. The van der Waals surface area contributed by atoms with E-state index in [9.17, 15) is 13.2 Å². The molecule has 1 saturated carbocycles. The Bertz CT molecular complexity index is 464. The molecule has 1 fully saturated rings. The van der Waals surface area contributed by atoms with Crippen LogP contribution in [0.4, 0.5) is 13.2 Å². The Balaban J connectivity index is 2.03. The zero-order valence-electron chi connectivity index (χ0n) is 11.7. The van der Waals surface area contributed by atoms with Gasteiger partial charge >= 0.3 is 6.18 Å². The molecular weight excluding hydrogens is 345 g/mol. The number of hydrogen-bond acceptors (Lipinski definition) is 2. The molecule has 0 amide bonds. The molecule has 2 nitrogen and oxygen atoms in total. The van der Waals surface area contributed by atoms with Gasteiger partial charge in [0.15, 0.2) is 0 Å². The van der Waals surface area contributed by atoms with Gasteiger partial charge in [0.2, 0.25) is 0 Å². The maximum atomic E-state index is 12.9. The number of alkyl halides is 3. The highest BCUT2D eigenvalue weighted by atomic mass is 79.9. The molecule has 0 aliphatic heterocycles. The van der Waals surface area contributed by atoms with Crippen LogP contribution in [0.25, 0.3) is 0 Å². The minimum atomic E-state index is -4.09. The second kappa shape index (κ2) is 7.11. The third-order valence-corrected chi connectivity index (χ3v) is 4.80. The van der Waals surface area contributed by atoms with Crippen LogP contribution < -0.4 is 11.3 Å². The van der Waals surface area contributed by atoms with Crippen LogP contribution in [0.5, 0.6) is 0 Å². The first-order valence-electron chi connectivity index (χ1n) is 7.17. The van der Waals surface area contributed by atoms with Gasteiger partial charge < -0.3 is 0 Å². The van der Waals surface area contributed by atoms with E-state index in [0.717, 1.165) is 16.5 Å². The van der Waals surface area contributed by atoms with Gasteiger partial charge in [-0.25, -0.2) is 0 Å². The van der Waals surface area contributed by atoms with Crippen molar-refractivity contribution in [3.8, 4) is 0 Å². The number of rotatable bonds is 4. The van der Waals surface area contributed by atoms with Crippen molar-refractivity contribution in [1.82, 2.24) is 5.43 Å². The average molecular weight is 365 g/mol. The number of halogens is 4. The van der Waals surface area contributed by atoms with E-state index in [1.807, 2.05) is 24.3 Å². The van der Waals surface area contributed by atoms with Gasteiger partial charge in [-0.15, -0.1) is 0 Å². The number of nitrogens with one attached hydrogen (secondary N) is 1. The molecule has 3 unspecified atom stereocenters. The number of benzene rings is 1. The van der Waals surface area contributed by atoms with Crippen molar-refractivity contribution in [2.45, 2.75) is 44.3 Å². The lowest BCUT2D eigenvalue weighted by Gasteiger charge is -2.35. The third kappa shape index (κ3) is 4.69. The first-order valence-corrected chi connectivity index (χ1v) is 7.96. The summed E-state index contributed by atoms with van der Waals surface area (Å²) < 4.78 is 39.7. The molecule has 1 aromatic carbocycles. The van der Waals surface area contributed by atoms with Crippen molar-refractivity contribution in [2.75, 3.05) is 0 Å². The standard InChI is InChI=1S/C15H20BrF3N2/c16-13-6-1-3-10(7-13)8-14(21-20)11-4-2-5-12(9-11)15(17,18)19/h1,3,6-7,11-12,14,21H,2,4-5,8-9,20H2. The van der Waals surface area contributed by atoms with E-state index in [4.69, 9.17) is 5.84 Å². The lowest BCUT2D eigenvalue weighted by atomic mass is 9.76. The fraction of sp³-hybridized carbons (Fsp3) is 0.600. The van der Waals surface area contributed by atoms with Crippen LogP contribution in [0.3, 0.4) is 0 Å². The molecule has 0 aromatic heterocycles. The number of nitrogens with two attached hydrogens (primary N) is 1.